The molecule has 0 aliphatic rings. The summed E-state index contributed by atoms with van der Waals surface area (Å²) in [5.74, 6) is 0.585. The summed E-state index contributed by atoms with van der Waals surface area (Å²) < 4.78 is 2.82. The van der Waals surface area contributed by atoms with E-state index >= 15 is 0 Å². The molecule has 0 saturated heterocycles. The first-order valence-corrected chi connectivity index (χ1v) is 10.5. The molecule has 0 unspecified atom stereocenters. The second kappa shape index (κ2) is 8.31. The number of nitrogens with zero attached hydrogens (tertiary/aromatic N) is 5. The van der Waals surface area contributed by atoms with Crippen molar-refractivity contribution in [3.8, 4) is 11.5 Å². The van der Waals surface area contributed by atoms with Gasteiger partial charge in [0.1, 0.15) is 11.6 Å². The number of aryl methyl sites for hydroxylation is 5. The molecule has 9 nitrogen and oxygen atoms in total. The van der Waals surface area contributed by atoms with Gasteiger partial charge in [-0.05, 0) is 90.1 Å². The summed E-state index contributed by atoms with van der Waals surface area (Å²) in [6, 6.07) is 0. The van der Waals surface area contributed by atoms with Gasteiger partial charge >= 0.3 is 11.4 Å². The maximum Gasteiger partial charge on any atom is 0.355 e. The van der Waals surface area contributed by atoms with Crippen molar-refractivity contribution in [3.63, 3.8) is 0 Å². The number of hydrogen-bond acceptors (Lipinski definition) is 7. The van der Waals surface area contributed by atoms with Crippen molar-refractivity contribution in [3.05, 3.63) is 71.7 Å². The second-order valence-corrected chi connectivity index (χ2v) is 8.37. The molecule has 0 atom stereocenters. The zero-order valence-corrected chi connectivity index (χ0v) is 20.4. The molecule has 9 heteroatoms. The van der Waals surface area contributed by atoms with Crippen molar-refractivity contribution < 1.29 is 10.2 Å². The number of pyridine rings is 2. The van der Waals surface area contributed by atoms with Crippen LogP contribution in [0.3, 0.4) is 0 Å². The molecule has 33 heavy (non-hydrogen) atoms. The van der Waals surface area contributed by atoms with E-state index in [1.165, 1.54) is 8.80 Å². The highest BCUT2D eigenvalue weighted by Crippen LogP contribution is 2.30. The first-order chi connectivity index (χ1) is 15.3. The Balaban J connectivity index is 0.000000186. The minimum absolute atomic E-state index is 0.0469. The number of aromatic hydroxyl groups is 2. The second-order valence-electron chi connectivity index (χ2n) is 8.37. The highest BCUT2D eigenvalue weighted by atomic mass is 16.3. The van der Waals surface area contributed by atoms with Crippen LogP contribution in [0.25, 0.3) is 11.2 Å². The highest BCUT2D eigenvalue weighted by molar-refractivity contribution is 5.69. The number of rotatable bonds is 0. The normalized spacial score (nSPS) is 11.1. The Morgan fingerprint density at radius 1 is 0.576 bits per heavy atom. The fourth-order valence-corrected chi connectivity index (χ4v) is 3.85. The third kappa shape index (κ3) is 3.73. The first-order valence-electron chi connectivity index (χ1n) is 10.5. The Hall–Kier alpha value is -3.75. The Labute approximate surface area is 191 Å². The summed E-state index contributed by atoms with van der Waals surface area (Å²) >= 11 is 0. The molecule has 4 rings (SSSR count). The fraction of sp³-hybridized carbons (Fsp3) is 0.375. The maximum absolute atomic E-state index is 11.9. The Kier molecular flexibility index (Phi) is 6.02. The van der Waals surface area contributed by atoms with E-state index in [9.17, 15) is 19.8 Å². The Morgan fingerprint density at radius 2 is 1.06 bits per heavy atom. The topological polar surface area (TPSA) is 122 Å². The smallest absolute Gasteiger partial charge is 0.355 e. The van der Waals surface area contributed by atoms with Gasteiger partial charge in [0.2, 0.25) is 0 Å². The van der Waals surface area contributed by atoms with Crippen molar-refractivity contribution in [2.45, 2.75) is 62.3 Å². The predicted octanol–water partition coefficient (Wildman–Crippen LogP) is 2.97. The molecule has 0 bridgehead atoms. The first kappa shape index (κ1) is 23.9. The van der Waals surface area contributed by atoms with Gasteiger partial charge in [-0.25, -0.2) is 19.0 Å². The zero-order chi connectivity index (χ0) is 24.9. The van der Waals surface area contributed by atoms with Crippen LogP contribution in [0.2, 0.25) is 0 Å². The van der Waals surface area contributed by atoms with E-state index in [2.05, 4.69) is 15.0 Å². The molecule has 4 heterocycles. The Bertz CT molecular complexity index is 1560. The van der Waals surface area contributed by atoms with Gasteiger partial charge < -0.3 is 10.2 Å². The highest BCUT2D eigenvalue weighted by Gasteiger charge is 2.16. The summed E-state index contributed by atoms with van der Waals surface area (Å²) in [6.07, 6.45) is 0. The van der Waals surface area contributed by atoms with Crippen LogP contribution in [0.1, 0.15) is 50.7 Å². The monoisotopic (exact) mass is 451 g/mol. The molecule has 2 N–H and O–H groups in total. The lowest BCUT2D eigenvalue weighted by Gasteiger charge is -2.15. The van der Waals surface area contributed by atoms with Gasteiger partial charge in [0.25, 0.3) is 0 Å². The van der Waals surface area contributed by atoms with Gasteiger partial charge in [-0.1, -0.05) is 0 Å². The average Bonchev–Trinajstić information content (AvgIpc) is 2.75. The van der Waals surface area contributed by atoms with Crippen molar-refractivity contribution in [1.82, 2.24) is 23.8 Å². The molecule has 0 aliphatic heterocycles. The summed E-state index contributed by atoms with van der Waals surface area (Å²) in [5, 5.41) is 20.2. The van der Waals surface area contributed by atoms with E-state index in [4.69, 9.17) is 0 Å². The van der Waals surface area contributed by atoms with Gasteiger partial charge in [-0.3, -0.25) is 4.40 Å². The number of fused-ring (bicyclic) bond motifs is 2. The van der Waals surface area contributed by atoms with Crippen LogP contribution >= 0.6 is 0 Å². The lowest BCUT2D eigenvalue weighted by atomic mass is 10.0. The molecule has 174 valence electrons. The van der Waals surface area contributed by atoms with Crippen LogP contribution in [0.5, 0.6) is 11.5 Å². The van der Waals surface area contributed by atoms with Gasteiger partial charge in [-0.2, -0.15) is 9.97 Å². The van der Waals surface area contributed by atoms with Crippen LogP contribution < -0.4 is 11.4 Å². The van der Waals surface area contributed by atoms with Gasteiger partial charge in [0, 0.05) is 17.1 Å². The molecule has 0 radical (unpaired) electrons. The van der Waals surface area contributed by atoms with E-state index in [0.29, 0.717) is 17.0 Å². The summed E-state index contributed by atoms with van der Waals surface area (Å²) in [5.41, 5.74) is 6.55. The number of hydrogen-bond donors (Lipinski definition) is 2. The summed E-state index contributed by atoms with van der Waals surface area (Å²) in [6.45, 7) is 16.4. The van der Waals surface area contributed by atoms with E-state index in [-0.39, 0.29) is 22.8 Å². The predicted molar refractivity (Wildman–Crippen MR) is 127 cm³/mol. The van der Waals surface area contributed by atoms with E-state index < -0.39 is 5.69 Å². The zero-order valence-electron chi connectivity index (χ0n) is 20.4. The van der Waals surface area contributed by atoms with E-state index in [1.54, 1.807) is 20.8 Å². The third-order valence-electron chi connectivity index (χ3n) is 6.53. The summed E-state index contributed by atoms with van der Waals surface area (Å²) in [7, 11) is 0. The van der Waals surface area contributed by atoms with Crippen molar-refractivity contribution in [2.75, 3.05) is 0 Å². The molecule has 0 aromatic carbocycles. The molecular weight excluding hydrogens is 422 g/mol. The Morgan fingerprint density at radius 3 is 1.64 bits per heavy atom. The van der Waals surface area contributed by atoms with Crippen LogP contribution in [0.15, 0.2) is 9.59 Å². The van der Waals surface area contributed by atoms with E-state index in [1.807, 2.05) is 41.5 Å². The molecule has 4 aromatic heterocycles. The molecule has 0 saturated carbocycles. The quantitative estimate of drug-likeness (QED) is 0.421. The minimum Gasteiger partial charge on any atom is -0.505 e. The molecule has 0 fully saturated rings. The fourth-order valence-electron chi connectivity index (χ4n) is 3.85. The molecule has 4 aromatic rings. The molecule has 0 amide bonds. The SMILES string of the molecule is Cc1nc(=O)n2c(C)c(C)c(C)c(O)c2c1C.Cc1nc(=O)n2c(C)c(C)c(C)c(O)c2n1. The molecule has 0 spiro atoms. The van der Waals surface area contributed by atoms with Gasteiger partial charge in [0.15, 0.2) is 11.4 Å². The average molecular weight is 452 g/mol. The van der Waals surface area contributed by atoms with Crippen LogP contribution in [-0.2, 0) is 0 Å². The van der Waals surface area contributed by atoms with Gasteiger partial charge in [0.05, 0.1) is 5.52 Å². The lowest BCUT2D eigenvalue weighted by molar-refractivity contribution is 0.470. The van der Waals surface area contributed by atoms with Crippen LogP contribution in [0.4, 0.5) is 0 Å². The van der Waals surface area contributed by atoms with Crippen molar-refractivity contribution >= 4 is 11.2 Å². The largest absolute Gasteiger partial charge is 0.505 e. The van der Waals surface area contributed by atoms with Crippen molar-refractivity contribution in [2.24, 2.45) is 0 Å². The molecule has 0 aliphatic carbocycles. The molecular formula is C24H29N5O4. The van der Waals surface area contributed by atoms with Crippen molar-refractivity contribution in [1.29, 1.82) is 0 Å². The number of aromatic nitrogens is 5. The standard InChI is InChI=1S/C13H16N2O2.C11H13N3O2/c1-6-7(2)12(16)11-8(3)9(4)14-13(17)15(11)10(6)5;1-5-6(2)9(15)10-12-8(4)13-11(16)14(10)7(5)3/h16H,1-5H3;15H,1-4H3. The van der Waals surface area contributed by atoms with Crippen LogP contribution in [0, 0.1) is 62.3 Å². The lowest BCUT2D eigenvalue weighted by Crippen LogP contribution is -2.22. The van der Waals surface area contributed by atoms with E-state index in [0.717, 1.165) is 39.2 Å². The minimum atomic E-state index is -0.404. The van der Waals surface area contributed by atoms with Crippen LogP contribution in [-0.4, -0.2) is 34.0 Å². The summed E-state index contributed by atoms with van der Waals surface area (Å²) in [4.78, 5) is 35.5. The maximum atomic E-state index is 11.9. The third-order valence-corrected chi connectivity index (χ3v) is 6.53. The van der Waals surface area contributed by atoms with Gasteiger partial charge in [-0.15, -0.1) is 0 Å².